The van der Waals surface area contributed by atoms with Crippen molar-refractivity contribution in [2.24, 2.45) is 0 Å². The van der Waals surface area contributed by atoms with Crippen molar-refractivity contribution >= 4 is 0 Å². The third-order valence-electron chi connectivity index (χ3n) is 3.32. The molecule has 0 spiro atoms. The SMILES string of the molecule is C=CCC1(C)NCCc2ccc(C)cc21. The third-order valence-corrected chi connectivity index (χ3v) is 3.32. The Balaban J connectivity index is 2.48. The van der Waals surface area contributed by atoms with Gasteiger partial charge in [-0.15, -0.1) is 6.58 Å². The van der Waals surface area contributed by atoms with Crippen LogP contribution in [0.2, 0.25) is 0 Å². The van der Waals surface area contributed by atoms with E-state index in [2.05, 4.69) is 43.9 Å². The number of nitrogens with one attached hydrogen (secondary N) is 1. The maximum atomic E-state index is 3.86. The lowest BCUT2D eigenvalue weighted by Gasteiger charge is -2.37. The molecule has 0 aromatic heterocycles. The number of benzene rings is 1. The first-order chi connectivity index (χ1) is 7.15. The van der Waals surface area contributed by atoms with Crippen LogP contribution in [0.5, 0.6) is 0 Å². The summed E-state index contributed by atoms with van der Waals surface area (Å²) in [4.78, 5) is 0. The molecule has 1 atom stereocenters. The molecule has 0 radical (unpaired) electrons. The molecule has 1 nitrogen and oxygen atoms in total. The molecule has 0 aliphatic carbocycles. The van der Waals surface area contributed by atoms with E-state index >= 15 is 0 Å². The van der Waals surface area contributed by atoms with Crippen molar-refractivity contribution in [2.45, 2.75) is 32.2 Å². The number of aryl methyl sites for hydroxylation is 1. The van der Waals surface area contributed by atoms with Crippen LogP contribution < -0.4 is 5.32 Å². The average Bonchev–Trinajstić information content (AvgIpc) is 2.20. The number of rotatable bonds is 2. The maximum Gasteiger partial charge on any atom is 0.0443 e. The fourth-order valence-electron chi connectivity index (χ4n) is 2.46. The van der Waals surface area contributed by atoms with Crippen LogP contribution in [0.1, 0.15) is 30.0 Å². The van der Waals surface area contributed by atoms with Crippen LogP contribution in [-0.2, 0) is 12.0 Å². The Hall–Kier alpha value is -1.08. The first-order valence-corrected chi connectivity index (χ1v) is 5.62. The topological polar surface area (TPSA) is 12.0 Å². The fraction of sp³-hybridized carbons (Fsp3) is 0.429. The molecule has 0 saturated heterocycles. The summed E-state index contributed by atoms with van der Waals surface area (Å²) >= 11 is 0. The second-order valence-electron chi connectivity index (χ2n) is 4.66. The van der Waals surface area contributed by atoms with Crippen LogP contribution in [0.4, 0.5) is 0 Å². The number of hydrogen-bond acceptors (Lipinski definition) is 1. The summed E-state index contributed by atoms with van der Waals surface area (Å²) in [6.45, 7) is 9.35. The largest absolute Gasteiger partial charge is 0.307 e. The summed E-state index contributed by atoms with van der Waals surface area (Å²) in [6, 6.07) is 6.79. The average molecular weight is 201 g/mol. The van der Waals surface area contributed by atoms with E-state index in [9.17, 15) is 0 Å². The molecule has 0 bridgehead atoms. The molecule has 1 aliphatic rings. The van der Waals surface area contributed by atoms with Crippen molar-refractivity contribution in [2.75, 3.05) is 6.54 Å². The van der Waals surface area contributed by atoms with Crippen molar-refractivity contribution in [3.05, 3.63) is 47.5 Å². The van der Waals surface area contributed by atoms with Crippen LogP contribution in [0, 0.1) is 6.92 Å². The molecule has 1 unspecified atom stereocenters. The smallest absolute Gasteiger partial charge is 0.0443 e. The lowest BCUT2D eigenvalue weighted by molar-refractivity contribution is 0.350. The second-order valence-corrected chi connectivity index (χ2v) is 4.66. The molecule has 1 heteroatoms. The van der Waals surface area contributed by atoms with Crippen molar-refractivity contribution in [1.29, 1.82) is 0 Å². The van der Waals surface area contributed by atoms with E-state index < -0.39 is 0 Å². The molecule has 1 N–H and O–H groups in total. The van der Waals surface area contributed by atoms with Crippen molar-refractivity contribution in [3.8, 4) is 0 Å². The fourth-order valence-corrected chi connectivity index (χ4v) is 2.46. The molecule has 80 valence electrons. The predicted octanol–water partition coefficient (Wildman–Crippen LogP) is 2.93. The first-order valence-electron chi connectivity index (χ1n) is 5.62. The molecule has 0 saturated carbocycles. The van der Waals surface area contributed by atoms with Gasteiger partial charge in [-0.2, -0.15) is 0 Å². The summed E-state index contributed by atoms with van der Waals surface area (Å²) < 4.78 is 0. The predicted molar refractivity (Wildman–Crippen MR) is 65.1 cm³/mol. The minimum absolute atomic E-state index is 0.0847. The Kier molecular flexibility index (Phi) is 2.66. The van der Waals surface area contributed by atoms with E-state index in [0.717, 1.165) is 19.4 Å². The highest BCUT2D eigenvalue weighted by Gasteiger charge is 2.29. The minimum atomic E-state index is 0.0847. The quantitative estimate of drug-likeness (QED) is 0.725. The first kappa shape index (κ1) is 10.4. The van der Waals surface area contributed by atoms with Gasteiger partial charge in [0, 0.05) is 12.1 Å². The molecular formula is C14H19N. The van der Waals surface area contributed by atoms with E-state index in [1.807, 2.05) is 6.08 Å². The summed E-state index contributed by atoms with van der Waals surface area (Å²) in [7, 11) is 0. The van der Waals surface area contributed by atoms with Crippen LogP contribution >= 0.6 is 0 Å². The van der Waals surface area contributed by atoms with Gasteiger partial charge >= 0.3 is 0 Å². The normalized spacial score (nSPS) is 24.7. The highest BCUT2D eigenvalue weighted by atomic mass is 15.0. The highest BCUT2D eigenvalue weighted by Crippen LogP contribution is 2.32. The van der Waals surface area contributed by atoms with Crippen LogP contribution in [-0.4, -0.2) is 6.54 Å². The number of fused-ring (bicyclic) bond motifs is 1. The van der Waals surface area contributed by atoms with Crippen molar-refractivity contribution < 1.29 is 0 Å². The zero-order valence-electron chi connectivity index (χ0n) is 9.64. The Morgan fingerprint density at radius 2 is 2.33 bits per heavy atom. The van der Waals surface area contributed by atoms with Crippen molar-refractivity contribution in [1.82, 2.24) is 5.32 Å². The van der Waals surface area contributed by atoms with Gasteiger partial charge in [-0.1, -0.05) is 29.8 Å². The van der Waals surface area contributed by atoms with Crippen LogP contribution in [0.3, 0.4) is 0 Å². The molecular weight excluding hydrogens is 182 g/mol. The lowest BCUT2D eigenvalue weighted by Crippen LogP contribution is -2.44. The van der Waals surface area contributed by atoms with Gasteiger partial charge in [-0.05, 0) is 37.8 Å². The number of hydrogen-bond donors (Lipinski definition) is 1. The van der Waals surface area contributed by atoms with Gasteiger partial charge in [0.15, 0.2) is 0 Å². The second kappa shape index (κ2) is 3.82. The van der Waals surface area contributed by atoms with Gasteiger partial charge in [0.1, 0.15) is 0 Å². The van der Waals surface area contributed by atoms with E-state index in [-0.39, 0.29) is 5.54 Å². The lowest BCUT2D eigenvalue weighted by atomic mass is 9.81. The molecule has 1 aliphatic heterocycles. The minimum Gasteiger partial charge on any atom is -0.307 e. The Morgan fingerprint density at radius 3 is 3.07 bits per heavy atom. The van der Waals surface area contributed by atoms with Gasteiger partial charge in [0.25, 0.3) is 0 Å². The molecule has 15 heavy (non-hydrogen) atoms. The van der Waals surface area contributed by atoms with E-state index in [1.54, 1.807) is 0 Å². The zero-order chi connectivity index (χ0) is 10.9. The Morgan fingerprint density at radius 1 is 1.53 bits per heavy atom. The summed E-state index contributed by atoms with van der Waals surface area (Å²) in [6.07, 6.45) is 4.14. The molecule has 2 rings (SSSR count). The summed E-state index contributed by atoms with van der Waals surface area (Å²) in [5, 5.41) is 3.61. The standard InChI is InChI=1S/C14H19N/c1-4-8-14(3)13-10-11(2)5-6-12(13)7-9-15-14/h4-6,10,15H,1,7-9H2,2-3H3. The zero-order valence-corrected chi connectivity index (χ0v) is 9.64. The van der Waals surface area contributed by atoms with Gasteiger partial charge in [0.05, 0.1) is 0 Å². The summed E-state index contributed by atoms with van der Waals surface area (Å²) in [5.74, 6) is 0. The Labute approximate surface area is 92.2 Å². The van der Waals surface area contributed by atoms with E-state index in [0.29, 0.717) is 0 Å². The van der Waals surface area contributed by atoms with Crippen LogP contribution in [0.25, 0.3) is 0 Å². The van der Waals surface area contributed by atoms with Gasteiger partial charge < -0.3 is 5.32 Å². The molecule has 0 fully saturated rings. The highest BCUT2D eigenvalue weighted by molar-refractivity contribution is 5.39. The molecule has 0 amide bonds. The van der Waals surface area contributed by atoms with E-state index in [1.165, 1.54) is 16.7 Å². The molecule has 1 aromatic carbocycles. The Bertz CT molecular complexity index is 381. The third kappa shape index (κ3) is 1.84. The maximum absolute atomic E-state index is 3.86. The molecule has 1 heterocycles. The monoisotopic (exact) mass is 201 g/mol. The molecule has 1 aromatic rings. The summed E-state index contributed by atoms with van der Waals surface area (Å²) in [5.41, 5.74) is 4.37. The van der Waals surface area contributed by atoms with E-state index in [4.69, 9.17) is 0 Å². The van der Waals surface area contributed by atoms with Crippen molar-refractivity contribution in [3.63, 3.8) is 0 Å². The van der Waals surface area contributed by atoms with Gasteiger partial charge in [0.2, 0.25) is 0 Å². The van der Waals surface area contributed by atoms with Gasteiger partial charge in [-0.25, -0.2) is 0 Å². The van der Waals surface area contributed by atoms with Gasteiger partial charge in [-0.3, -0.25) is 0 Å². The van der Waals surface area contributed by atoms with Crippen LogP contribution in [0.15, 0.2) is 30.9 Å².